The van der Waals surface area contributed by atoms with Crippen LogP contribution in [0.4, 0.5) is 13.2 Å². The number of aromatic nitrogens is 3. The third kappa shape index (κ3) is 4.03. The highest BCUT2D eigenvalue weighted by molar-refractivity contribution is 7.98. The standard InChI is InChI=1S/C12H12F3N3O3S/c1-7-9(10(19)20-2)3-8(21-7)4-22-11-17-16-6-18(11)5-12(13,14)15/h3,6H,4-5H2,1-2H3. The highest BCUT2D eigenvalue weighted by Gasteiger charge is 2.29. The monoisotopic (exact) mass is 335 g/mol. The summed E-state index contributed by atoms with van der Waals surface area (Å²) in [6.45, 7) is 0.444. The smallest absolute Gasteiger partial charge is 0.406 e. The number of hydrogen-bond acceptors (Lipinski definition) is 6. The Balaban J connectivity index is 2.05. The van der Waals surface area contributed by atoms with E-state index < -0.39 is 18.7 Å². The van der Waals surface area contributed by atoms with Crippen LogP contribution in [0.3, 0.4) is 0 Å². The molecule has 6 nitrogen and oxygen atoms in total. The third-order valence-electron chi connectivity index (χ3n) is 2.65. The first kappa shape index (κ1) is 16.4. The quantitative estimate of drug-likeness (QED) is 0.618. The molecule has 0 N–H and O–H groups in total. The number of ether oxygens (including phenoxy) is 1. The van der Waals surface area contributed by atoms with Crippen molar-refractivity contribution < 1.29 is 27.1 Å². The molecule has 22 heavy (non-hydrogen) atoms. The predicted molar refractivity (Wildman–Crippen MR) is 70.4 cm³/mol. The normalized spacial score (nSPS) is 11.7. The van der Waals surface area contributed by atoms with E-state index in [9.17, 15) is 18.0 Å². The van der Waals surface area contributed by atoms with Gasteiger partial charge in [-0.05, 0) is 13.0 Å². The molecule has 0 saturated carbocycles. The molecule has 2 rings (SSSR count). The highest BCUT2D eigenvalue weighted by Crippen LogP contribution is 2.26. The summed E-state index contributed by atoms with van der Waals surface area (Å²) in [6.07, 6.45) is -3.33. The molecule has 10 heteroatoms. The molecule has 0 amide bonds. The van der Waals surface area contributed by atoms with Crippen LogP contribution >= 0.6 is 11.8 Å². The molecule has 2 heterocycles. The largest absolute Gasteiger partial charge is 0.465 e. The average Bonchev–Trinajstić information content (AvgIpc) is 3.00. The number of alkyl halides is 3. The van der Waals surface area contributed by atoms with Crippen molar-refractivity contribution in [1.29, 1.82) is 0 Å². The van der Waals surface area contributed by atoms with Crippen molar-refractivity contribution in [1.82, 2.24) is 14.8 Å². The predicted octanol–water partition coefficient (Wildman–Crippen LogP) is 2.82. The van der Waals surface area contributed by atoms with E-state index in [1.807, 2.05) is 0 Å². The SMILES string of the molecule is COC(=O)c1cc(CSc2nncn2CC(F)(F)F)oc1C. The summed E-state index contributed by atoms with van der Waals surface area (Å²) in [6, 6.07) is 1.50. The number of hydrogen-bond donors (Lipinski definition) is 0. The van der Waals surface area contributed by atoms with Crippen LogP contribution in [0.15, 0.2) is 22.0 Å². The lowest BCUT2D eigenvalue weighted by molar-refractivity contribution is -0.142. The topological polar surface area (TPSA) is 70.2 Å². The molecule has 0 aromatic carbocycles. The van der Waals surface area contributed by atoms with Crippen molar-refractivity contribution in [2.24, 2.45) is 0 Å². The summed E-state index contributed by atoms with van der Waals surface area (Å²) >= 11 is 1.03. The Morgan fingerprint density at radius 1 is 1.50 bits per heavy atom. The fourth-order valence-corrected chi connectivity index (χ4v) is 2.52. The second kappa shape index (κ2) is 6.42. The molecule has 0 saturated heterocycles. The summed E-state index contributed by atoms with van der Waals surface area (Å²) in [7, 11) is 1.25. The van der Waals surface area contributed by atoms with E-state index in [4.69, 9.17) is 4.42 Å². The zero-order valence-corrected chi connectivity index (χ0v) is 12.5. The maximum absolute atomic E-state index is 12.4. The maximum atomic E-state index is 12.4. The molecule has 0 aliphatic carbocycles. The van der Waals surface area contributed by atoms with E-state index in [1.54, 1.807) is 6.92 Å². The molecule has 0 aliphatic rings. The molecule has 0 fully saturated rings. The Hall–Kier alpha value is -1.97. The molecule has 120 valence electrons. The molecule has 0 spiro atoms. The zero-order chi connectivity index (χ0) is 16.3. The summed E-state index contributed by atoms with van der Waals surface area (Å²) in [5, 5.41) is 7.23. The number of esters is 1. The second-order valence-electron chi connectivity index (χ2n) is 4.32. The zero-order valence-electron chi connectivity index (χ0n) is 11.7. The number of nitrogens with zero attached hydrogens (tertiary/aromatic N) is 3. The van der Waals surface area contributed by atoms with Gasteiger partial charge in [-0.25, -0.2) is 4.79 Å². The summed E-state index contributed by atoms with van der Waals surface area (Å²) in [4.78, 5) is 11.5. The number of carbonyl (C=O) groups excluding carboxylic acids is 1. The number of rotatable bonds is 5. The van der Waals surface area contributed by atoms with Crippen molar-refractivity contribution in [2.45, 2.75) is 30.6 Å². The van der Waals surface area contributed by atoms with Gasteiger partial charge in [0.05, 0.1) is 12.9 Å². The third-order valence-corrected chi connectivity index (χ3v) is 3.65. The molecule has 2 aromatic rings. The molecular weight excluding hydrogens is 323 g/mol. The van der Waals surface area contributed by atoms with Gasteiger partial charge in [0.25, 0.3) is 0 Å². The molecule has 0 bridgehead atoms. The molecular formula is C12H12F3N3O3S. The van der Waals surface area contributed by atoms with Crippen LogP contribution in [0, 0.1) is 6.92 Å². The lowest BCUT2D eigenvalue weighted by Crippen LogP contribution is -2.17. The van der Waals surface area contributed by atoms with E-state index in [0.29, 0.717) is 11.5 Å². The number of methoxy groups -OCH3 is 1. The van der Waals surface area contributed by atoms with Gasteiger partial charge >= 0.3 is 12.1 Å². The summed E-state index contributed by atoms with van der Waals surface area (Å²) < 4.78 is 48.0. The number of carbonyl (C=O) groups is 1. The van der Waals surface area contributed by atoms with E-state index >= 15 is 0 Å². The lowest BCUT2D eigenvalue weighted by atomic mass is 10.2. The van der Waals surface area contributed by atoms with E-state index in [-0.39, 0.29) is 16.5 Å². The van der Waals surface area contributed by atoms with Gasteiger partial charge in [-0.15, -0.1) is 10.2 Å². The first-order valence-electron chi connectivity index (χ1n) is 6.05. The molecule has 0 unspecified atom stereocenters. The molecule has 2 aromatic heterocycles. The van der Waals surface area contributed by atoms with E-state index in [1.165, 1.54) is 13.2 Å². The Kier molecular flexibility index (Phi) is 4.79. The van der Waals surface area contributed by atoms with Gasteiger partial charge in [0, 0.05) is 0 Å². The van der Waals surface area contributed by atoms with Gasteiger partial charge in [0.1, 0.15) is 30.0 Å². The van der Waals surface area contributed by atoms with Crippen molar-refractivity contribution in [3.63, 3.8) is 0 Å². The average molecular weight is 335 g/mol. The molecule has 0 radical (unpaired) electrons. The van der Waals surface area contributed by atoms with Crippen LogP contribution in [0.1, 0.15) is 21.9 Å². The van der Waals surface area contributed by atoms with Crippen molar-refractivity contribution >= 4 is 17.7 Å². The Bertz CT molecular complexity index is 666. The van der Waals surface area contributed by atoms with E-state index in [2.05, 4.69) is 14.9 Å². The van der Waals surface area contributed by atoms with Crippen LogP contribution in [0.2, 0.25) is 0 Å². The Morgan fingerprint density at radius 2 is 2.23 bits per heavy atom. The van der Waals surface area contributed by atoms with Crippen molar-refractivity contribution in [3.05, 3.63) is 29.5 Å². The van der Waals surface area contributed by atoms with Gasteiger partial charge in [0.2, 0.25) is 0 Å². The molecule has 0 aliphatic heterocycles. The van der Waals surface area contributed by atoms with Gasteiger partial charge in [0.15, 0.2) is 5.16 Å². The van der Waals surface area contributed by atoms with Crippen LogP contribution in [0.5, 0.6) is 0 Å². The minimum absolute atomic E-state index is 0.117. The minimum Gasteiger partial charge on any atom is -0.465 e. The first-order chi connectivity index (χ1) is 10.3. The maximum Gasteiger partial charge on any atom is 0.406 e. The minimum atomic E-state index is -4.35. The number of thioether (sulfide) groups is 1. The molecule has 0 atom stereocenters. The van der Waals surface area contributed by atoms with Gasteiger partial charge in [-0.2, -0.15) is 13.2 Å². The summed E-state index contributed by atoms with van der Waals surface area (Å²) in [5.41, 5.74) is 0.287. The van der Waals surface area contributed by atoms with Gasteiger partial charge in [-0.1, -0.05) is 11.8 Å². The van der Waals surface area contributed by atoms with Crippen LogP contribution < -0.4 is 0 Å². The van der Waals surface area contributed by atoms with Crippen LogP contribution in [-0.4, -0.2) is 34.0 Å². The highest BCUT2D eigenvalue weighted by atomic mass is 32.2. The fraction of sp³-hybridized carbons (Fsp3) is 0.417. The fourth-order valence-electron chi connectivity index (χ4n) is 1.72. The van der Waals surface area contributed by atoms with Crippen LogP contribution in [-0.2, 0) is 17.0 Å². The first-order valence-corrected chi connectivity index (χ1v) is 7.03. The van der Waals surface area contributed by atoms with E-state index in [0.717, 1.165) is 22.7 Å². The van der Waals surface area contributed by atoms with Crippen LogP contribution in [0.25, 0.3) is 0 Å². The van der Waals surface area contributed by atoms with Crippen molar-refractivity contribution in [2.75, 3.05) is 7.11 Å². The Labute approximate surface area is 127 Å². The number of halogens is 3. The van der Waals surface area contributed by atoms with Crippen molar-refractivity contribution in [3.8, 4) is 0 Å². The van der Waals surface area contributed by atoms with Gasteiger partial charge < -0.3 is 9.15 Å². The number of furan rings is 1. The van der Waals surface area contributed by atoms with Gasteiger partial charge in [-0.3, -0.25) is 4.57 Å². The second-order valence-corrected chi connectivity index (χ2v) is 5.26. The number of aryl methyl sites for hydroxylation is 1. The lowest BCUT2D eigenvalue weighted by Gasteiger charge is -2.08. The summed E-state index contributed by atoms with van der Waals surface area (Å²) in [5.74, 6) is 0.510. The Morgan fingerprint density at radius 3 is 2.86 bits per heavy atom.